The van der Waals surface area contributed by atoms with Crippen molar-refractivity contribution < 1.29 is 4.79 Å². The summed E-state index contributed by atoms with van der Waals surface area (Å²) in [5, 5.41) is 15.3. The van der Waals surface area contributed by atoms with Gasteiger partial charge in [0, 0.05) is 11.9 Å². The lowest BCUT2D eigenvalue weighted by Gasteiger charge is -2.21. The highest BCUT2D eigenvalue weighted by atomic mass is 16.1. The second-order valence-corrected chi connectivity index (χ2v) is 7.15. The Morgan fingerprint density at radius 3 is 2.75 bits per heavy atom. The first-order valence-electron chi connectivity index (χ1n) is 9.83. The lowest BCUT2D eigenvalue weighted by atomic mass is 9.88. The van der Waals surface area contributed by atoms with Crippen molar-refractivity contribution >= 4 is 11.7 Å². The van der Waals surface area contributed by atoms with E-state index in [9.17, 15) is 10.1 Å². The molecule has 0 spiro atoms. The minimum absolute atomic E-state index is 0.0275. The second-order valence-electron chi connectivity index (χ2n) is 7.15. The Morgan fingerprint density at radius 1 is 1.25 bits per heavy atom. The zero-order valence-corrected chi connectivity index (χ0v) is 16.5. The van der Waals surface area contributed by atoms with Crippen LogP contribution in [0.15, 0.2) is 48.2 Å². The van der Waals surface area contributed by atoms with Crippen LogP contribution in [0.4, 0.5) is 5.82 Å². The number of pyridine rings is 1. The SMILES string of the molecule is CCC(NC(=O)/C(C#N)=C\Nc1cccc(C)n1)c1ccc2c(c1)CCCC2. The number of hydrogen-bond acceptors (Lipinski definition) is 4. The van der Waals surface area contributed by atoms with E-state index in [0.717, 1.165) is 30.5 Å². The maximum atomic E-state index is 12.6. The van der Waals surface area contributed by atoms with Gasteiger partial charge in [0.25, 0.3) is 5.91 Å². The van der Waals surface area contributed by atoms with Crippen molar-refractivity contribution in [1.82, 2.24) is 10.3 Å². The minimum Gasteiger partial charge on any atom is -0.345 e. The third-order valence-electron chi connectivity index (χ3n) is 5.11. The molecule has 28 heavy (non-hydrogen) atoms. The number of nitrogens with one attached hydrogen (secondary N) is 2. The number of nitriles is 1. The molecule has 2 aromatic rings. The summed E-state index contributed by atoms with van der Waals surface area (Å²) in [6, 6.07) is 13.9. The molecule has 0 aliphatic heterocycles. The second kappa shape index (κ2) is 9.18. The molecule has 0 bridgehead atoms. The van der Waals surface area contributed by atoms with Crippen molar-refractivity contribution in [3.8, 4) is 6.07 Å². The largest absolute Gasteiger partial charge is 0.345 e. The normalized spacial score (nSPS) is 14.5. The Kier molecular flexibility index (Phi) is 6.44. The third kappa shape index (κ3) is 4.77. The molecule has 5 nitrogen and oxygen atoms in total. The standard InChI is InChI=1S/C23H26N4O/c1-3-21(19-12-11-17-8-4-5-9-18(17)13-19)27-23(28)20(14-24)15-25-22-10-6-7-16(2)26-22/h6-7,10-13,15,21H,3-5,8-9H2,1-2H3,(H,25,26)(H,27,28)/b20-15-. The van der Waals surface area contributed by atoms with Crippen molar-refractivity contribution in [2.75, 3.05) is 5.32 Å². The van der Waals surface area contributed by atoms with Crippen LogP contribution in [-0.2, 0) is 17.6 Å². The van der Waals surface area contributed by atoms with Gasteiger partial charge in [0.05, 0.1) is 6.04 Å². The molecular formula is C23H26N4O. The lowest BCUT2D eigenvalue weighted by molar-refractivity contribution is -0.117. The fourth-order valence-corrected chi connectivity index (χ4v) is 3.55. The summed E-state index contributed by atoms with van der Waals surface area (Å²) in [6.45, 7) is 3.92. The number of nitrogens with zero attached hydrogens (tertiary/aromatic N) is 2. The predicted molar refractivity (Wildman–Crippen MR) is 111 cm³/mol. The zero-order chi connectivity index (χ0) is 19.9. The maximum absolute atomic E-state index is 12.6. The molecule has 3 rings (SSSR count). The van der Waals surface area contributed by atoms with Crippen LogP contribution < -0.4 is 10.6 Å². The molecule has 1 aromatic heterocycles. The maximum Gasteiger partial charge on any atom is 0.263 e. The fourth-order valence-electron chi connectivity index (χ4n) is 3.55. The average molecular weight is 374 g/mol. The van der Waals surface area contributed by atoms with Crippen molar-refractivity contribution in [3.05, 3.63) is 70.6 Å². The third-order valence-corrected chi connectivity index (χ3v) is 5.11. The predicted octanol–water partition coefficient (Wildman–Crippen LogP) is 4.36. The van der Waals surface area contributed by atoms with E-state index < -0.39 is 0 Å². The number of anilines is 1. The highest BCUT2D eigenvalue weighted by molar-refractivity contribution is 5.97. The van der Waals surface area contributed by atoms with Crippen LogP contribution in [0.25, 0.3) is 0 Å². The highest BCUT2D eigenvalue weighted by Gasteiger charge is 2.18. The number of aromatic nitrogens is 1. The number of rotatable bonds is 6. The number of fused-ring (bicyclic) bond motifs is 1. The summed E-state index contributed by atoms with van der Waals surface area (Å²) in [5.41, 5.74) is 4.80. The number of benzene rings is 1. The molecule has 1 amide bonds. The number of carbonyl (C=O) groups is 1. The molecule has 1 aromatic carbocycles. The van der Waals surface area contributed by atoms with Gasteiger partial charge in [0.1, 0.15) is 17.5 Å². The Labute approximate surface area is 166 Å². The van der Waals surface area contributed by atoms with Gasteiger partial charge in [-0.1, -0.05) is 31.2 Å². The number of amides is 1. The number of aryl methyl sites for hydroxylation is 3. The first-order valence-corrected chi connectivity index (χ1v) is 9.83. The van der Waals surface area contributed by atoms with E-state index in [1.807, 2.05) is 32.0 Å². The molecule has 1 aliphatic rings. The van der Waals surface area contributed by atoms with Crippen LogP contribution in [0.1, 0.15) is 54.6 Å². The monoisotopic (exact) mass is 374 g/mol. The van der Waals surface area contributed by atoms with Crippen LogP contribution >= 0.6 is 0 Å². The molecule has 1 unspecified atom stereocenters. The average Bonchev–Trinajstić information content (AvgIpc) is 2.72. The molecule has 0 saturated carbocycles. The van der Waals surface area contributed by atoms with Gasteiger partial charge in [-0.3, -0.25) is 4.79 Å². The van der Waals surface area contributed by atoms with Crippen LogP contribution in [0.5, 0.6) is 0 Å². The Bertz CT molecular complexity index is 926. The van der Waals surface area contributed by atoms with Gasteiger partial charge in [-0.25, -0.2) is 4.98 Å². The minimum atomic E-state index is -0.382. The topological polar surface area (TPSA) is 77.8 Å². The van der Waals surface area contributed by atoms with Crippen LogP contribution in [0, 0.1) is 18.3 Å². The zero-order valence-electron chi connectivity index (χ0n) is 16.5. The van der Waals surface area contributed by atoms with E-state index in [4.69, 9.17) is 0 Å². The van der Waals surface area contributed by atoms with Crippen molar-refractivity contribution in [2.45, 2.75) is 52.0 Å². The number of carbonyl (C=O) groups excluding carboxylic acids is 1. The number of hydrogen-bond donors (Lipinski definition) is 2. The quantitative estimate of drug-likeness (QED) is 0.582. The summed E-state index contributed by atoms with van der Waals surface area (Å²) in [7, 11) is 0. The van der Waals surface area contributed by atoms with Gasteiger partial charge in [0.15, 0.2) is 0 Å². The van der Waals surface area contributed by atoms with Gasteiger partial charge in [-0.05, 0) is 67.9 Å². The summed E-state index contributed by atoms with van der Waals surface area (Å²) < 4.78 is 0. The van der Waals surface area contributed by atoms with E-state index >= 15 is 0 Å². The first kappa shape index (κ1) is 19.6. The van der Waals surface area contributed by atoms with Crippen molar-refractivity contribution in [1.29, 1.82) is 5.26 Å². The molecule has 5 heteroatoms. The molecular weight excluding hydrogens is 348 g/mol. The van der Waals surface area contributed by atoms with E-state index in [1.54, 1.807) is 6.07 Å². The Balaban J connectivity index is 1.71. The van der Waals surface area contributed by atoms with Crippen LogP contribution in [0.3, 0.4) is 0 Å². The van der Waals surface area contributed by atoms with Gasteiger partial charge in [-0.15, -0.1) is 0 Å². The van der Waals surface area contributed by atoms with Crippen LogP contribution in [-0.4, -0.2) is 10.9 Å². The van der Waals surface area contributed by atoms with Gasteiger partial charge in [-0.2, -0.15) is 5.26 Å². The molecule has 1 aliphatic carbocycles. The van der Waals surface area contributed by atoms with Crippen molar-refractivity contribution in [3.63, 3.8) is 0 Å². The molecule has 1 heterocycles. The molecule has 0 saturated heterocycles. The molecule has 1 atom stereocenters. The molecule has 144 valence electrons. The fraction of sp³-hybridized carbons (Fsp3) is 0.348. The summed E-state index contributed by atoms with van der Waals surface area (Å²) in [6.07, 6.45) is 6.88. The highest BCUT2D eigenvalue weighted by Crippen LogP contribution is 2.26. The summed E-state index contributed by atoms with van der Waals surface area (Å²) in [4.78, 5) is 16.9. The molecule has 2 N–H and O–H groups in total. The van der Waals surface area contributed by atoms with Gasteiger partial charge < -0.3 is 10.6 Å². The first-order chi connectivity index (χ1) is 13.6. The van der Waals surface area contributed by atoms with Gasteiger partial charge in [0.2, 0.25) is 0 Å². The van der Waals surface area contributed by atoms with E-state index in [1.165, 1.54) is 30.2 Å². The van der Waals surface area contributed by atoms with E-state index in [-0.39, 0.29) is 17.5 Å². The van der Waals surface area contributed by atoms with E-state index in [2.05, 4.69) is 33.8 Å². The lowest BCUT2D eigenvalue weighted by Crippen LogP contribution is -2.29. The van der Waals surface area contributed by atoms with E-state index in [0.29, 0.717) is 5.82 Å². The summed E-state index contributed by atoms with van der Waals surface area (Å²) >= 11 is 0. The molecule has 0 fully saturated rings. The smallest absolute Gasteiger partial charge is 0.263 e. The summed E-state index contributed by atoms with van der Waals surface area (Å²) in [5.74, 6) is 0.217. The van der Waals surface area contributed by atoms with Crippen LogP contribution in [0.2, 0.25) is 0 Å². The van der Waals surface area contributed by atoms with Gasteiger partial charge >= 0.3 is 0 Å². The van der Waals surface area contributed by atoms with Crippen molar-refractivity contribution in [2.24, 2.45) is 0 Å². The molecule has 0 radical (unpaired) electrons. The Hall–Kier alpha value is -3.13. The Morgan fingerprint density at radius 2 is 2.04 bits per heavy atom.